The number of aromatic amines is 1. The third kappa shape index (κ3) is 1.45. The molecule has 2 bridgehead atoms. The largest absolute Gasteiger partial charge is 0.336 e. The zero-order valence-corrected chi connectivity index (χ0v) is 10.3. The molecule has 0 spiro atoms. The van der Waals surface area contributed by atoms with Crippen LogP contribution in [-0.4, -0.2) is 28.1 Å². The monoisotopic (exact) mass is 242 g/mol. The highest BCUT2D eigenvalue weighted by Crippen LogP contribution is 2.38. The summed E-state index contributed by atoms with van der Waals surface area (Å²) in [7, 11) is 0. The van der Waals surface area contributed by atoms with Crippen LogP contribution >= 0.6 is 0 Å². The average molecular weight is 242 g/mol. The summed E-state index contributed by atoms with van der Waals surface area (Å²) >= 11 is 0. The SMILES string of the molecule is NC1CC2CCC(C1)N2c1nc2ccccc2[nH]1. The summed E-state index contributed by atoms with van der Waals surface area (Å²) in [5.41, 5.74) is 8.30. The molecular weight excluding hydrogens is 224 g/mol. The minimum Gasteiger partial charge on any atom is -0.336 e. The van der Waals surface area contributed by atoms with Gasteiger partial charge in [-0.3, -0.25) is 0 Å². The van der Waals surface area contributed by atoms with E-state index in [-0.39, 0.29) is 0 Å². The number of H-pyrrole nitrogens is 1. The van der Waals surface area contributed by atoms with Crippen molar-refractivity contribution in [2.24, 2.45) is 5.73 Å². The van der Waals surface area contributed by atoms with Crippen LogP contribution in [0, 0.1) is 0 Å². The van der Waals surface area contributed by atoms with Gasteiger partial charge in [0.15, 0.2) is 0 Å². The molecule has 0 aliphatic carbocycles. The molecule has 2 saturated heterocycles. The van der Waals surface area contributed by atoms with Gasteiger partial charge in [-0.2, -0.15) is 0 Å². The number of imidazole rings is 1. The maximum atomic E-state index is 6.11. The van der Waals surface area contributed by atoms with Gasteiger partial charge < -0.3 is 15.6 Å². The number of nitrogens with two attached hydrogens (primary N) is 1. The smallest absolute Gasteiger partial charge is 0.204 e. The molecule has 4 nitrogen and oxygen atoms in total. The first-order valence-corrected chi connectivity index (χ1v) is 6.80. The highest BCUT2D eigenvalue weighted by atomic mass is 15.3. The molecule has 0 amide bonds. The van der Waals surface area contributed by atoms with Crippen LogP contribution in [0.4, 0.5) is 5.95 Å². The second-order valence-corrected chi connectivity index (χ2v) is 5.60. The van der Waals surface area contributed by atoms with Gasteiger partial charge in [0, 0.05) is 18.1 Å². The Morgan fingerprint density at radius 1 is 1.17 bits per heavy atom. The first-order valence-electron chi connectivity index (χ1n) is 6.80. The van der Waals surface area contributed by atoms with Gasteiger partial charge in [0.25, 0.3) is 0 Å². The molecule has 2 unspecified atom stereocenters. The van der Waals surface area contributed by atoms with Crippen molar-refractivity contribution in [3.63, 3.8) is 0 Å². The Balaban J connectivity index is 1.74. The molecular formula is C14H18N4. The van der Waals surface area contributed by atoms with Crippen LogP contribution in [0.3, 0.4) is 0 Å². The molecule has 2 aliphatic rings. The number of rotatable bonds is 1. The van der Waals surface area contributed by atoms with Gasteiger partial charge in [-0.05, 0) is 37.8 Å². The van der Waals surface area contributed by atoms with Crippen molar-refractivity contribution in [2.75, 3.05) is 4.90 Å². The Hall–Kier alpha value is -1.55. The van der Waals surface area contributed by atoms with Crippen molar-refractivity contribution >= 4 is 17.0 Å². The molecule has 2 aliphatic heterocycles. The van der Waals surface area contributed by atoms with E-state index in [1.165, 1.54) is 12.8 Å². The third-order valence-electron chi connectivity index (χ3n) is 4.39. The fourth-order valence-electron chi connectivity index (χ4n) is 3.63. The van der Waals surface area contributed by atoms with Crippen molar-refractivity contribution in [3.8, 4) is 0 Å². The normalized spacial score (nSPS) is 31.2. The van der Waals surface area contributed by atoms with E-state index in [1.807, 2.05) is 12.1 Å². The average Bonchev–Trinajstić information content (AvgIpc) is 2.88. The molecule has 2 fully saturated rings. The number of piperidine rings is 1. The molecule has 1 aromatic carbocycles. The van der Waals surface area contributed by atoms with E-state index in [2.05, 4.69) is 22.0 Å². The van der Waals surface area contributed by atoms with Gasteiger partial charge in [-0.1, -0.05) is 12.1 Å². The van der Waals surface area contributed by atoms with E-state index in [4.69, 9.17) is 10.7 Å². The van der Waals surface area contributed by atoms with E-state index >= 15 is 0 Å². The topological polar surface area (TPSA) is 57.9 Å². The molecule has 3 heterocycles. The summed E-state index contributed by atoms with van der Waals surface area (Å²) in [6, 6.07) is 9.77. The standard InChI is InChI=1S/C14H18N4/c15-9-7-10-5-6-11(8-9)18(10)14-16-12-3-1-2-4-13(12)17-14/h1-4,9-11H,5-8,15H2,(H,16,17). The molecule has 1 aromatic heterocycles. The number of para-hydroxylation sites is 2. The lowest BCUT2D eigenvalue weighted by molar-refractivity contribution is 0.410. The first-order chi connectivity index (χ1) is 8.81. The molecule has 2 aromatic rings. The fraction of sp³-hybridized carbons (Fsp3) is 0.500. The lowest BCUT2D eigenvalue weighted by Gasteiger charge is -2.37. The number of hydrogen-bond acceptors (Lipinski definition) is 3. The quantitative estimate of drug-likeness (QED) is 0.804. The summed E-state index contributed by atoms with van der Waals surface area (Å²) in [5, 5.41) is 0. The molecule has 94 valence electrons. The van der Waals surface area contributed by atoms with Crippen molar-refractivity contribution in [1.29, 1.82) is 0 Å². The van der Waals surface area contributed by atoms with Crippen LogP contribution in [0.1, 0.15) is 25.7 Å². The van der Waals surface area contributed by atoms with Crippen LogP contribution in [0.25, 0.3) is 11.0 Å². The van der Waals surface area contributed by atoms with Crippen LogP contribution in [0.2, 0.25) is 0 Å². The Morgan fingerprint density at radius 3 is 2.61 bits per heavy atom. The van der Waals surface area contributed by atoms with Gasteiger partial charge in [0.05, 0.1) is 11.0 Å². The number of hydrogen-bond donors (Lipinski definition) is 2. The predicted molar refractivity (Wildman–Crippen MR) is 72.6 cm³/mol. The van der Waals surface area contributed by atoms with Crippen LogP contribution in [-0.2, 0) is 0 Å². The Bertz CT molecular complexity index is 529. The molecule has 0 radical (unpaired) electrons. The highest BCUT2D eigenvalue weighted by Gasteiger charge is 2.40. The van der Waals surface area contributed by atoms with E-state index in [0.29, 0.717) is 18.1 Å². The Morgan fingerprint density at radius 2 is 1.89 bits per heavy atom. The van der Waals surface area contributed by atoms with Crippen molar-refractivity contribution in [2.45, 2.75) is 43.8 Å². The maximum absolute atomic E-state index is 6.11. The lowest BCUT2D eigenvalue weighted by Crippen LogP contribution is -2.48. The molecule has 3 N–H and O–H groups in total. The van der Waals surface area contributed by atoms with Crippen molar-refractivity contribution in [3.05, 3.63) is 24.3 Å². The van der Waals surface area contributed by atoms with Gasteiger partial charge in [-0.25, -0.2) is 4.98 Å². The van der Waals surface area contributed by atoms with Crippen molar-refractivity contribution in [1.82, 2.24) is 9.97 Å². The van der Waals surface area contributed by atoms with Crippen molar-refractivity contribution < 1.29 is 0 Å². The van der Waals surface area contributed by atoms with Crippen LogP contribution in [0.15, 0.2) is 24.3 Å². The summed E-state index contributed by atoms with van der Waals surface area (Å²) in [6.07, 6.45) is 4.73. The number of benzene rings is 1. The van der Waals surface area contributed by atoms with Gasteiger partial charge in [0.2, 0.25) is 5.95 Å². The maximum Gasteiger partial charge on any atom is 0.204 e. The number of nitrogens with zero attached hydrogens (tertiary/aromatic N) is 2. The van der Waals surface area contributed by atoms with E-state index < -0.39 is 0 Å². The summed E-state index contributed by atoms with van der Waals surface area (Å²) in [4.78, 5) is 10.7. The second kappa shape index (κ2) is 3.72. The van der Waals surface area contributed by atoms with Gasteiger partial charge in [0.1, 0.15) is 0 Å². The first kappa shape index (κ1) is 10.4. The predicted octanol–water partition coefficient (Wildman–Crippen LogP) is 2.02. The van der Waals surface area contributed by atoms with Gasteiger partial charge in [-0.15, -0.1) is 0 Å². The molecule has 18 heavy (non-hydrogen) atoms. The van der Waals surface area contributed by atoms with Gasteiger partial charge >= 0.3 is 0 Å². The molecule has 0 saturated carbocycles. The van der Waals surface area contributed by atoms with Crippen LogP contribution < -0.4 is 10.6 Å². The number of anilines is 1. The Labute approximate surface area is 106 Å². The lowest BCUT2D eigenvalue weighted by atomic mass is 9.99. The van der Waals surface area contributed by atoms with E-state index in [0.717, 1.165) is 29.8 Å². The fourth-order valence-corrected chi connectivity index (χ4v) is 3.63. The van der Waals surface area contributed by atoms with E-state index in [9.17, 15) is 0 Å². The summed E-state index contributed by atoms with van der Waals surface area (Å²) < 4.78 is 0. The Kier molecular flexibility index (Phi) is 2.14. The number of fused-ring (bicyclic) bond motifs is 3. The minimum absolute atomic E-state index is 0.378. The highest BCUT2D eigenvalue weighted by molar-refractivity contribution is 5.77. The number of aromatic nitrogens is 2. The summed E-state index contributed by atoms with van der Waals surface area (Å²) in [6.45, 7) is 0. The van der Waals surface area contributed by atoms with Crippen LogP contribution in [0.5, 0.6) is 0 Å². The third-order valence-corrected chi connectivity index (χ3v) is 4.39. The molecule has 2 atom stereocenters. The minimum atomic E-state index is 0.378. The zero-order valence-electron chi connectivity index (χ0n) is 10.3. The molecule has 4 rings (SSSR count). The summed E-state index contributed by atoms with van der Waals surface area (Å²) in [5.74, 6) is 1.04. The zero-order chi connectivity index (χ0) is 12.1. The second-order valence-electron chi connectivity index (χ2n) is 5.60. The van der Waals surface area contributed by atoms with E-state index in [1.54, 1.807) is 0 Å². The molecule has 4 heteroatoms. The number of nitrogens with one attached hydrogen (secondary N) is 1.